The van der Waals surface area contributed by atoms with E-state index in [9.17, 15) is 0 Å². The largest absolute Gasteiger partial charge is 0.493 e. The smallest absolute Gasteiger partial charge is 0.125 e. The molecule has 2 atom stereocenters. The first-order valence-corrected chi connectivity index (χ1v) is 8.12. The van der Waals surface area contributed by atoms with Gasteiger partial charge < -0.3 is 4.74 Å². The Kier molecular flexibility index (Phi) is 5.09. The van der Waals surface area contributed by atoms with Crippen LogP contribution in [0.4, 0.5) is 0 Å². The monoisotopic (exact) mass is 293 g/mol. The molecular formula is C17H28NOP. The first-order valence-electron chi connectivity index (χ1n) is 7.61. The standard InChI is InChI=1S/C17H28NOP/c1-11-12(2)14(4)17(15(5)13(11)3)19-10-16-7-6-8-18(20)9-16/h16H,6-10,20H2,1-5H3. The lowest BCUT2D eigenvalue weighted by molar-refractivity contribution is 0.184. The highest BCUT2D eigenvalue weighted by Crippen LogP contribution is 2.33. The minimum absolute atomic E-state index is 0.655. The summed E-state index contributed by atoms with van der Waals surface area (Å²) in [6.45, 7) is 14.2. The highest BCUT2D eigenvalue weighted by atomic mass is 31.0. The van der Waals surface area contributed by atoms with Crippen LogP contribution in [0.25, 0.3) is 0 Å². The Balaban J connectivity index is 2.13. The van der Waals surface area contributed by atoms with Crippen LogP contribution in [0.2, 0.25) is 0 Å². The van der Waals surface area contributed by atoms with E-state index in [-0.39, 0.29) is 0 Å². The Morgan fingerprint density at radius 2 is 1.55 bits per heavy atom. The van der Waals surface area contributed by atoms with Crippen LogP contribution in [0.5, 0.6) is 5.75 Å². The summed E-state index contributed by atoms with van der Waals surface area (Å²) in [6.07, 6.45) is 2.56. The summed E-state index contributed by atoms with van der Waals surface area (Å²) in [7, 11) is 2.83. The Bertz CT molecular complexity index is 469. The van der Waals surface area contributed by atoms with Crippen molar-refractivity contribution in [3.8, 4) is 5.75 Å². The molecule has 0 N–H and O–H groups in total. The summed E-state index contributed by atoms with van der Waals surface area (Å²) in [5, 5.41) is 0. The molecule has 0 bridgehead atoms. The van der Waals surface area contributed by atoms with E-state index < -0.39 is 0 Å². The topological polar surface area (TPSA) is 12.5 Å². The van der Waals surface area contributed by atoms with Gasteiger partial charge in [0.05, 0.1) is 6.61 Å². The zero-order valence-electron chi connectivity index (χ0n) is 13.5. The van der Waals surface area contributed by atoms with Crippen molar-refractivity contribution in [1.82, 2.24) is 4.67 Å². The first-order chi connectivity index (χ1) is 9.41. The lowest BCUT2D eigenvalue weighted by Gasteiger charge is -2.30. The Morgan fingerprint density at radius 3 is 2.10 bits per heavy atom. The molecule has 1 fully saturated rings. The maximum Gasteiger partial charge on any atom is 0.125 e. The Hall–Kier alpha value is -0.590. The number of benzene rings is 1. The molecule has 0 saturated carbocycles. The molecule has 1 saturated heterocycles. The van der Waals surface area contributed by atoms with Crippen molar-refractivity contribution in [2.75, 3.05) is 19.7 Å². The van der Waals surface area contributed by atoms with Crippen molar-refractivity contribution in [3.63, 3.8) is 0 Å². The van der Waals surface area contributed by atoms with E-state index in [2.05, 4.69) is 48.7 Å². The molecule has 1 aromatic rings. The van der Waals surface area contributed by atoms with Crippen molar-refractivity contribution < 1.29 is 4.74 Å². The number of rotatable bonds is 3. The van der Waals surface area contributed by atoms with Crippen LogP contribution >= 0.6 is 9.39 Å². The SMILES string of the molecule is Cc1c(C)c(C)c(OCC2CCCN(P)C2)c(C)c1C. The average Bonchev–Trinajstić information content (AvgIpc) is 2.43. The lowest BCUT2D eigenvalue weighted by atomic mass is 9.94. The molecule has 1 heterocycles. The zero-order valence-corrected chi connectivity index (χ0v) is 14.7. The van der Waals surface area contributed by atoms with Gasteiger partial charge in [-0.25, -0.2) is 0 Å². The molecule has 2 nitrogen and oxygen atoms in total. The van der Waals surface area contributed by atoms with Gasteiger partial charge in [-0.1, -0.05) is 9.39 Å². The average molecular weight is 293 g/mol. The van der Waals surface area contributed by atoms with Crippen LogP contribution in [-0.2, 0) is 0 Å². The van der Waals surface area contributed by atoms with Crippen molar-refractivity contribution in [3.05, 3.63) is 27.8 Å². The van der Waals surface area contributed by atoms with Crippen LogP contribution in [0.1, 0.15) is 40.7 Å². The predicted molar refractivity (Wildman–Crippen MR) is 89.6 cm³/mol. The minimum Gasteiger partial charge on any atom is -0.493 e. The third-order valence-electron chi connectivity index (χ3n) is 4.94. The quantitative estimate of drug-likeness (QED) is 0.778. The third kappa shape index (κ3) is 3.18. The second-order valence-corrected chi connectivity index (χ2v) is 7.00. The lowest BCUT2D eigenvalue weighted by Crippen LogP contribution is -2.31. The number of hydrogen-bond donors (Lipinski definition) is 0. The summed E-state index contributed by atoms with van der Waals surface area (Å²) >= 11 is 0. The van der Waals surface area contributed by atoms with Gasteiger partial charge in [-0.15, -0.1) is 0 Å². The number of piperidine rings is 1. The van der Waals surface area contributed by atoms with Crippen molar-refractivity contribution in [2.24, 2.45) is 5.92 Å². The van der Waals surface area contributed by atoms with Crippen LogP contribution in [0, 0.1) is 40.5 Å². The molecule has 112 valence electrons. The minimum atomic E-state index is 0.655. The molecule has 0 amide bonds. The summed E-state index contributed by atoms with van der Waals surface area (Å²) in [5.74, 6) is 1.77. The molecule has 1 aliphatic heterocycles. The summed E-state index contributed by atoms with van der Waals surface area (Å²) in [6, 6.07) is 0. The van der Waals surface area contributed by atoms with Gasteiger partial charge in [0.2, 0.25) is 0 Å². The van der Waals surface area contributed by atoms with E-state index in [1.54, 1.807) is 0 Å². The molecule has 2 unspecified atom stereocenters. The first kappa shape index (κ1) is 15.8. The molecule has 2 rings (SSSR count). The molecule has 0 radical (unpaired) electrons. The fourth-order valence-electron chi connectivity index (χ4n) is 3.12. The maximum absolute atomic E-state index is 6.24. The van der Waals surface area contributed by atoms with Gasteiger partial charge >= 0.3 is 0 Å². The zero-order chi connectivity index (χ0) is 14.9. The number of ether oxygens (including phenoxy) is 1. The molecule has 0 aromatic heterocycles. The van der Waals surface area contributed by atoms with Crippen LogP contribution in [0.15, 0.2) is 0 Å². The third-order valence-corrected chi connectivity index (χ3v) is 5.41. The second-order valence-electron chi connectivity index (χ2n) is 6.27. The molecule has 1 aliphatic rings. The molecule has 0 aliphatic carbocycles. The van der Waals surface area contributed by atoms with Crippen LogP contribution in [-0.4, -0.2) is 24.4 Å². The van der Waals surface area contributed by atoms with E-state index in [1.165, 1.54) is 47.2 Å². The fraction of sp³-hybridized carbons (Fsp3) is 0.647. The highest BCUT2D eigenvalue weighted by molar-refractivity contribution is 7.13. The van der Waals surface area contributed by atoms with Gasteiger partial charge in [0.1, 0.15) is 5.75 Å². The fourth-order valence-corrected chi connectivity index (χ4v) is 3.60. The highest BCUT2D eigenvalue weighted by Gasteiger charge is 2.19. The predicted octanol–water partition coefficient (Wildman–Crippen LogP) is 4.11. The molecule has 1 aromatic carbocycles. The maximum atomic E-state index is 6.24. The van der Waals surface area contributed by atoms with Gasteiger partial charge in [-0.05, 0) is 75.3 Å². The second kappa shape index (κ2) is 6.45. The molecule has 3 heteroatoms. The van der Waals surface area contributed by atoms with E-state index >= 15 is 0 Å². The Labute approximate surface area is 126 Å². The van der Waals surface area contributed by atoms with E-state index in [0.29, 0.717) is 5.92 Å². The van der Waals surface area contributed by atoms with Crippen molar-refractivity contribution in [1.29, 1.82) is 0 Å². The van der Waals surface area contributed by atoms with E-state index in [0.717, 1.165) is 18.9 Å². The van der Waals surface area contributed by atoms with Crippen LogP contribution < -0.4 is 4.74 Å². The molecule has 20 heavy (non-hydrogen) atoms. The van der Waals surface area contributed by atoms with Gasteiger partial charge in [0.25, 0.3) is 0 Å². The summed E-state index contributed by atoms with van der Waals surface area (Å²) in [4.78, 5) is 0. The summed E-state index contributed by atoms with van der Waals surface area (Å²) < 4.78 is 8.57. The van der Waals surface area contributed by atoms with Crippen LogP contribution in [0.3, 0.4) is 0 Å². The van der Waals surface area contributed by atoms with Gasteiger partial charge in [0.15, 0.2) is 0 Å². The Morgan fingerprint density at radius 1 is 1.00 bits per heavy atom. The van der Waals surface area contributed by atoms with E-state index in [1.807, 2.05) is 0 Å². The summed E-state index contributed by atoms with van der Waals surface area (Å²) in [5.41, 5.74) is 6.77. The number of hydrogen-bond acceptors (Lipinski definition) is 2. The molecule has 0 spiro atoms. The van der Waals surface area contributed by atoms with Crippen molar-refractivity contribution >= 4 is 9.39 Å². The normalized spacial score (nSPS) is 20.2. The van der Waals surface area contributed by atoms with Gasteiger partial charge in [-0.3, -0.25) is 4.67 Å². The van der Waals surface area contributed by atoms with Crippen molar-refractivity contribution in [2.45, 2.75) is 47.5 Å². The number of nitrogens with zero attached hydrogens (tertiary/aromatic N) is 1. The molecular weight excluding hydrogens is 265 g/mol. The van der Waals surface area contributed by atoms with Gasteiger partial charge in [0, 0.05) is 19.0 Å². The van der Waals surface area contributed by atoms with E-state index in [4.69, 9.17) is 4.74 Å². The van der Waals surface area contributed by atoms with Gasteiger partial charge in [-0.2, -0.15) is 0 Å².